The van der Waals surface area contributed by atoms with Crippen molar-refractivity contribution in [2.45, 2.75) is 32.4 Å². The molecule has 0 amide bonds. The molecule has 0 radical (unpaired) electrons. The maximum atomic E-state index is 11.8. The molecule has 2 rings (SSSR count). The van der Waals surface area contributed by atoms with E-state index < -0.39 is 15.3 Å². The average molecular weight is 338 g/mol. The summed E-state index contributed by atoms with van der Waals surface area (Å²) in [6.07, 6.45) is 0.611. The molecule has 0 spiro atoms. The van der Waals surface area contributed by atoms with Gasteiger partial charge < -0.3 is 5.32 Å². The SMILES string of the molecule is Cc1cccc2c(=O)[nH]nc(NCCCNS(=O)(=O)C(C)C)c12. The van der Waals surface area contributed by atoms with Crippen LogP contribution in [0.3, 0.4) is 0 Å². The Kier molecular flexibility index (Phi) is 5.38. The zero-order valence-electron chi connectivity index (χ0n) is 13.5. The number of hydrogen-bond acceptors (Lipinski definition) is 5. The van der Waals surface area contributed by atoms with Crippen molar-refractivity contribution < 1.29 is 8.42 Å². The van der Waals surface area contributed by atoms with Crippen molar-refractivity contribution in [3.8, 4) is 0 Å². The van der Waals surface area contributed by atoms with Gasteiger partial charge in [0.2, 0.25) is 10.0 Å². The van der Waals surface area contributed by atoms with Crippen LogP contribution in [0.5, 0.6) is 0 Å². The normalized spacial score (nSPS) is 12.0. The summed E-state index contributed by atoms with van der Waals surface area (Å²) in [7, 11) is -3.23. The summed E-state index contributed by atoms with van der Waals surface area (Å²) >= 11 is 0. The quantitative estimate of drug-likeness (QED) is 0.661. The van der Waals surface area contributed by atoms with Crippen LogP contribution in [-0.4, -0.2) is 37.0 Å². The van der Waals surface area contributed by atoms with Gasteiger partial charge in [-0.05, 0) is 38.8 Å². The number of H-pyrrole nitrogens is 1. The lowest BCUT2D eigenvalue weighted by atomic mass is 10.1. The van der Waals surface area contributed by atoms with Gasteiger partial charge in [0, 0.05) is 18.5 Å². The Labute approximate surface area is 135 Å². The Hall–Kier alpha value is -1.93. The first kappa shape index (κ1) is 17.4. The van der Waals surface area contributed by atoms with Crippen molar-refractivity contribution in [3.63, 3.8) is 0 Å². The largest absolute Gasteiger partial charge is 0.368 e. The van der Waals surface area contributed by atoms with Crippen molar-refractivity contribution in [2.75, 3.05) is 18.4 Å². The molecule has 7 nitrogen and oxygen atoms in total. The molecule has 0 bridgehead atoms. The van der Waals surface area contributed by atoms with Crippen LogP contribution in [-0.2, 0) is 10.0 Å². The Bertz CT molecular complexity index is 843. The molecule has 3 N–H and O–H groups in total. The highest BCUT2D eigenvalue weighted by Crippen LogP contribution is 2.21. The lowest BCUT2D eigenvalue weighted by Gasteiger charge is -2.11. The maximum Gasteiger partial charge on any atom is 0.272 e. The number of nitrogens with one attached hydrogen (secondary N) is 3. The second-order valence-corrected chi connectivity index (χ2v) is 7.99. The van der Waals surface area contributed by atoms with Crippen LogP contribution in [0.15, 0.2) is 23.0 Å². The second kappa shape index (κ2) is 7.10. The molecule has 1 aromatic heterocycles. The van der Waals surface area contributed by atoms with Gasteiger partial charge in [0.05, 0.1) is 10.6 Å². The van der Waals surface area contributed by atoms with Gasteiger partial charge in [0.15, 0.2) is 5.82 Å². The topological polar surface area (TPSA) is 104 Å². The second-order valence-electron chi connectivity index (χ2n) is 5.67. The fourth-order valence-electron chi connectivity index (χ4n) is 2.20. The minimum Gasteiger partial charge on any atom is -0.368 e. The van der Waals surface area contributed by atoms with Crippen LogP contribution >= 0.6 is 0 Å². The molecule has 0 atom stereocenters. The van der Waals surface area contributed by atoms with E-state index in [0.29, 0.717) is 30.7 Å². The summed E-state index contributed by atoms with van der Waals surface area (Å²) in [4.78, 5) is 11.8. The molecule has 1 heterocycles. The molecule has 0 fully saturated rings. The third-order valence-electron chi connectivity index (χ3n) is 3.59. The minimum atomic E-state index is -3.23. The summed E-state index contributed by atoms with van der Waals surface area (Å²) < 4.78 is 25.8. The predicted octanol–water partition coefficient (Wildman–Crippen LogP) is 1.36. The zero-order chi connectivity index (χ0) is 17.0. The van der Waals surface area contributed by atoms with Gasteiger partial charge in [-0.3, -0.25) is 4.79 Å². The molecule has 8 heteroatoms. The Balaban J connectivity index is 2.01. The number of rotatable bonds is 7. The summed E-state index contributed by atoms with van der Waals surface area (Å²) in [5.74, 6) is 0.601. The molecule has 0 aliphatic carbocycles. The van der Waals surface area contributed by atoms with Gasteiger partial charge >= 0.3 is 0 Å². The number of sulfonamides is 1. The highest BCUT2D eigenvalue weighted by Gasteiger charge is 2.14. The van der Waals surface area contributed by atoms with E-state index in [2.05, 4.69) is 20.2 Å². The highest BCUT2D eigenvalue weighted by molar-refractivity contribution is 7.90. The third-order valence-corrected chi connectivity index (χ3v) is 5.44. The Morgan fingerprint density at radius 3 is 2.70 bits per heavy atom. The van der Waals surface area contributed by atoms with Crippen molar-refractivity contribution >= 4 is 26.6 Å². The van der Waals surface area contributed by atoms with E-state index in [1.807, 2.05) is 19.1 Å². The van der Waals surface area contributed by atoms with Crippen LogP contribution in [0.25, 0.3) is 10.8 Å². The molecule has 0 saturated heterocycles. The molecule has 0 unspecified atom stereocenters. The first-order valence-corrected chi connectivity index (χ1v) is 9.08. The van der Waals surface area contributed by atoms with E-state index in [0.717, 1.165) is 10.9 Å². The molecule has 0 saturated carbocycles. The summed E-state index contributed by atoms with van der Waals surface area (Å²) in [6, 6.07) is 5.51. The van der Waals surface area contributed by atoms with Crippen molar-refractivity contribution in [2.24, 2.45) is 0 Å². The molecule has 2 aromatic rings. The number of fused-ring (bicyclic) bond motifs is 1. The third kappa shape index (κ3) is 4.08. The van der Waals surface area contributed by atoms with Crippen LogP contribution in [0.2, 0.25) is 0 Å². The fraction of sp³-hybridized carbons (Fsp3) is 0.467. The van der Waals surface area contributed by atoms with Crippen LogP contribution in [0.1, 0.15) is 25.8 Å². The number of aromatic amines is 1. The van der Waals surface area contributed by atoms with E-state index >= 15 is 0 Å². The number of nitrogens with zero attached hydrogens (tertiary/aromatic N) is 1. The van der Waals surface area contributed by atoms with E-state index in [-0.39, 0.29) is 5.56 Å². The number of benzene rings is 1. The van der Waals surface area contributed by atoms with E-state index in [1.54, 1.807) is 19.9 Å². The molecule has 0 aliphatic heterocycles. The smallest absolute Gasteiger partial charge is 0.272 e. The Morgan fingerprint density at radius 1 is 1.26 bits per heavy atom. The summed E-state index contributed by atoms with van der Waals surface area (Å²) in [6.45, 7) is 6.10. The zero-order valence-corrected chi connectivity index (χ0v) is 14.3. The summed E-state index contributed by atoms with van der Waals surface area (Å²) in [5, 5.41) is 10.6. The fourth-order valence-corrected chi connectivity index (χ4v) is 2.96. The van der Waals surface area contributed by atoms with Crippen molar-refractivity contribution in [1.82, 2.24) is 14.9 Å². The lowest BCUT2D eigenvalue weighted by Crippen LogP contribution is -2.32. The van der Waals surface area contributed by atoms with Crippen LogP contribution < -0.4 is 15.6 Å². The minimum absolute atomic E-state index is 0.223. The van der Waals surface area contributed by atoms with Gasteiger partial charge in [-0.1, -0.05) is 12.1 Å². The van der Waals surface area contributed by atoms with Gasteiger partial charge in [-0.25, -0.2) is 18.2 Å². The highest BCUT2D eigenvalue weighted by atomic mass is 32.2. The predicted molar refractivity (Wildman–Crippen MR) is 92.3 cm³/mol. The van der Waals surface area contributed by atoms with Crippen LogP contribution in [0.4, 0.5) is 5.82 Å². The van der Waals surface area contributed by atoms with Gasteiger partial charge in [-0.15, -0.1) is 0 Å². The van der Waals surface area contributed by atoms with E-state index in [9.17, 15) is 13.2 Å². The van der Waals surface area contributed by atoms with Crippen LogP contribution in [0, 0.1) is 6.92 Å². The lowest BCUT2D eigenvalue weighted by molar-refractivity contribution is 0.571. The molecule has 1 aromatic carbocycles. The average Bonchev–Trinajstić information content (AvgIpc) is 2.49. The molecular weight excluding hydrogens is 316 g/mol. The number of anilines is 1. The van der Waals surface area contributed by atoms with Gasteiger partial charge in [-0.2, -0.15) is 5.10 Å². The maximum absolute atomic E-state index is 11.8. The molecule has 0 aliphatic rings. The first-order valence-electron chi connectivity index (χ1n) is 7.53. The Morgan fingerprint density at radius 2 is 2.00 bits per heavy atom. The van der Waals surface area contributed by atoms with E-state index in [1.165, 1.54) is 0 Å². The molecule has 23 heavy (non-hydrogen) atoms. The van der Waals surface area contributed by atoms with Crippen molar-refractivity contribution in [1.29, 1.82) is 0 Å². The first-order chi connectivity index (χ1) is 10.8. The molecular formula is C15H22N4O3S. The standard InChI is InChI=1S/C15H22N4O3S/c1-10(2)23(21,22)17-9-5-8-16-14-13-11(3)6-4-7-12(13)15(20)19-18-14/h4,6-7,10,17H,5,8-9H2,1-3H3,(H,16,18)(H,19,20). The van der Waals surface area contributed by atoms with E-state index in [4.69, 9.17) is 0 Å². The number of aromatic nitrogens is 2. The van der Waals surface area contributed by atoms with Crippen molar-refractivity contribution in [3.05, 3.63) is 34.1 Å². The number of hydrogen-bond donors (Lipinski definition) is 3. The monoisotopic (exact) mass is 338 g/mol. The van der Waals surface area contributed by atoms with Gasteiger partial charge in [0.1, 0.15) is 0 Å². The van der Waals surface area contributed by atoms with Gasteiger partial charge in [0.25, 0.3) is 5.56 Å². The molecule has 126 valence electrons. The number of aryl methyl sites for hydroxylation is 1. The summed E-state index contributed by atoms with van der Waals surface area (Å²) in [5.41, 5.74) is 0.739.